The van der Waals surface area contributed by atoms with Gasteiger partial charge in [-0.2, -0.15) is 0 Å². The average Bonchev–Trinajstić information content (AvgIpc) is 2.29. The fraction of sp³-hybridized carbons (Fsp3) is 0.462. The highest BCUT2D eigenvalue weighted by Gasteiger charge is 2.17. The van der Waals surface area contributed by atoms with Gasteiger partial charge in [-0.3, -0.25) is 4.79 Å². The maximum Gasteiger partial charge on any atom is 0.308 e. The number of hydrogen-bond donors (Lipinski definition) is 1. The van der Waals surface area contributed by atoms with Gasteiger partial charge in [0.25, 0.3) is 0 Å². The lowest BCUT2D eigenvalue weighted by Gasteiger charge is -2.14. The highest BCUT2D eigenvalue weighted by atomic mass is 16.5. The van der Waals surface area contributed by atoms with E-state index in [0.717, 1.165) is 5.56 Å². The highest BCUT2D eigenvalue weighted by Crippen LogP contribution is 2.12. The summed E-state index contributed by atoms with van der Waals surface area (Å²) in [5.41, 5.74) is 1.08. The lowest BCUT2D eigenvalue weighted by Crippen LogP contribution is -2.21. The normalized spacial score (nSPS) is 14.2. The molecule has 88 valence electrons. The molecule has 0 amide bonds. The standard InChI is InChI=1S/C13H18O3/c1-10(13(15)16-2)8-12(14)9-11-6-4-3-5-7-11/h3-7,10,12,14H,8-9H2,1-2H3. The molecule has 0 aliphatic carbocycles. The van der Waals surface area contributed by atoms with Crippen LogP contribution in [0.4, 0.5) is 0 Å². The van der Waals surface area contributed by atoms with E-state index in [-0.39, 0.29) is 11.9 Å². The van der Waals surface area contributed by atoms with Gasteiger partial charge in [0.15, 0.2) is 0 Å². The third kappa shape index (κ3) is 4.03. The first kappa shape index (κ1) is 12.7. The Bertz CT molecular complexity index is 321. The summed E-state index contributed by atoms with van der Waals surface area (Å²) in [5.74, 6) is -0.532. The Kier molecular flexibility index (Phi) is 4.99. The van der Waals surface area contributed by atoms with Crippen LogP contribution in [0.3, 0.4) is 0 Å². The summed E-state index contributed by atoms with van der Waals surface area (Å²) >= 11 is 0. The molecule has 0 saturated carbocycles. The Labute approximate surface area is 96.1 Å². The van der Waals surface area contributed by atoms with E-state index >= 15 is 0 Å². The van der Waals surface area contributed by atoms with Crippen molar-refractivity contribution >= 4 is 5.97 Å². The molecule has 0 bridgehead atoms. The van der Waals surface area contributed by atoms with Gasteiger partial charge < -0.3 is 9.84 Å². The molecule has 2 atom stereocenters. The molecule has 1 aromatic rings. The first-order valence-corrected chi connectivity index (χ1v) is 5.43. The zero-order valence-corrected chi connectivity index (χ0v) is 9.72. The number of aliphatic hydroxyl groups is 1. The minimum absolute atomic E-state index is 0.260. The minimum Gasteiger partial charge on any atom is -0.469 e. The molecule has 2 unspecified atom stereocenters. The maximum atomic E-state index is 11.2. The number of carbonyl (C=O) groups is 1. The molecule has 0 radical (unpaired) electrons. The van der Waals surface area contributed by atoms with Crippen molar-refractivity contribution in [3.63, 3.8) is 0 Å². The molecule has 0 aliphatic rings. The molecule has 0 saturated heterocycles. The number of hydrogen-bond acceptors (Lipinski definition) is 3. The summed E-state index contributed by atoms with van der Waals surface area (Å²) < 4.78 is 4.61. The molecule has 1 N–H and O–H groups in total. The number of rotatable bonds is 5. The molecule has 0 fully saturated rings. The van der Waals surface area contributed by atoms with Gasteiger partial charge in [-0.05, 0) is 18.4 Å². The summed E-state index contributed by atoms with van der Waals surface area (Å²) in [7, 11) is 1.36. The number of esters is 1. The van der Waals surface area contributed by atoms with E-state index < -0.39 is 6.10 Å². The Balaban J connectivity index is 2.42. The van der Waals surface area contributed by atoms with Gasteiger partial charge in [0.1, 0.15) is 0 Å². The van der Waals surface area contributed by atoms with Crippen molar-refractivity contribution in [3.8, 4) is 0 Å². The number of carbonyl (C=O) groups excluding carboxylic acids is 1. The van der Waals surface area contributed by atoms with Crippen molar-refractivity contribution < 1.29 is 14.6 Å². The third-order valence-electron chi connectivity index (χ3n) is 2.54. The van der Waals surface area contributed by atoms with Crippen molar-refractivity contribution in [2.75, 3.05) is 7.11 Å². The van der Waals surface area contributed by atoms with Crippen LogP contribution in [0.2, 0.25) is 0 Å². The summed E-state index contributed by atoms with van der Waals surface area (Å²) in [4.78, 5) is 11.2. The molecule has 0 spiro atoms. The smallest absolute Gasteiger partial charge is 0.308 e. The number of methoxy groups -OCH3 is 1. The lowest BCUT2D eigenvalue weighted by molar-refractivity contribution is -0.145. The lowest BCUT2D eigenvalue weighted by atomic mass is 9.98. The Morgan fingerprint density at radius 3 is 2.56 bits per heavy atom. The predicted molar refractivity (Wildman–Crippen MR) is 61.9 cm³/mol. The largest absolute Gasteiger partial charge is 0.469 e. The zero-order chi connectivity index (χ0) is 12.0. The summed E-state index contributed by atoms with van der Waals surface area (Å²) in [5, 5.41) is 9.81. The van der Waals surface area contributed by atoms with Gasteiger partial charge in [0.2, 0.25) is 0 Å². The zero-order valence-electron chi connectivity index (χ0n) is 9.72. The Hall–Kier alpha value is -1.35. The van der Waals surface area contributed by atoms with Gasteiger partial charge in [0, 0.05) is 0 Å². The fourth-order valence-electron chi connectivity index (χ4n) is 1.68. The molecular formula is C13H18O3. The Morgan fingerprint density at radius 1 is 1.38 bits per heavy atom. The van der Waals surface area contributed by atoms with E-state index in [1.54, 1.807) is 6.92 Å². The number of aliphatic hydroxyl groups excluding tert-OH is 1. The van der Waals surface area contributed by atoms with Crippen LogP contribution in [0.25, 0.3) is 0 Å². The second kappa shape index (κ2) is 6.28. The maximum absolute atomic E-state index is 11.2. The van der Waals surface area contributed by atoms with Crippen LogP contribution in [0.1, 0.15) is 18.9 Å². The van der Waals surface area contributed by atoms with Crippen molar-refractivity contribution in [1.29, 1.82) is 0 Å². The monoisotopic (exact) mass is 222 g/mol. The third-order valence-corrected chi connectivity index (χ3v) is 2.54. The first-order valence-electron chi connectivity index (χ1n) is 5.43. The van der Waals surface area contributed by atoms with Crippen LogP contribution in [-0.2, 0) is 16.0 Å². The molecule has 3 nitrogen and oxygen atoms in total. The molecule has 1 aromatic carbocycles. The van der Waals surface area contributed by atoms with Crippen molar-refractivity contribution in [1.82, 2.24) is 0 Å². The van der Waals surface area contributed by atoms with Gasteiger partial charge in [-0.1, -0.05) is 37.3 Å². The van der Waals surface area contributed by atoms with Crippen LogP contribution in [0, 0.1) is 5.92 Å². The quantitative estimate of drug-likeness (QED) is 0.773. The highest BCUT2D eigenvalue weighted by molar-refractivity contribution is 5.71. The van der Waals surface area contributed by atoms with Crippen molar-refractivity contribution in [3.05, 3.63) is 35.9 Å². The van der Waals surface area contributed by atoms with Crippen LogP contribution >= 0.6 is 0 Å². The van der Waals surface area contributed by atoms with E-state index in [4.69, 9.17) is 0 Å². The molecule has 3 heteroatoms. The van der Waals surface area contributed by atoms with Crippen molar-refractivity contribution in [2.45, 2.75) is 25.9 Å². The molecule has 1 rings (SSSR count). The van der Waals surface area contributed by atoms with Gasteiger partial charge in [0.05, 0.1) is 19.1 Å². The second-order valence-electron chi connectivity index (χ2n) is 4.00. The molecule has 16 heavy (non-hydrogen) atoms. The molecule has 0 heterocycles. The topological polar surface area (TPSA) is 46.5 Å². The molecule has 0 aliphatic heterocycles. The predicted octanol–water partition coefficient (Wildman–Crippen LogP) is 1.79. The van der Waals surface area contributed by atoms with Gasteiger partial charge in [-0.15, -0.1) is 0 Å². The van der Waals surface area contributed by atoms with Crippen LogP contribution < -0.4 is 0 Å². The van der Waals surface area contributed by atoms with E-state index in [9.17, 15) is 9.90 Å². The average molecular weight is 222 g/mol. The van der Waals surface area contributed by atoms with Gasteiger partial charge in [-0.25, -0.2) is 0 Å². The Morgan fingerprint density at radius 2 is 2.00 bits per heavy atom. The summed E-state index contributed by atoms with van der Waals surface area (Å²) in [6.45, 7) is 1.76. The van der Waals surface area contributed by atoms with E-state index in [1.165, 1.54) is 7.11 Å². The summed E-state index contributed by atoms with van der Waals surface area (Å²) in [6.07, 6.45) is 0.500. The number of benzene rings is 1. The van der Waals surface area contributed by atoms with E-state index in [0.29, 0.717) is 12.8 Å². The van der Waals surface area contributed by atoms with E-state index in [1.807, 2.05) is 30.3 Å². The number of ether oxygens (including phenoxy) is 1. The fourth-order valence-corrected chi connectivity index (χ4v) is 1.68. The van der Waals surface area contributed by atoms with E-state index in [2.05, 4.69) is 4.74 Å². The minimum atomic E-state index is -0.503. The van der Waals surface area contributed by atoms with Crippen LogP contribution in [0.15, 0.2) is 30.3 Å². The summed E-state index contributed by atoms with van der Waals surface area (Å²) in [6, 6.07) is 9.74. The molecular weight excluding hydrogens is 204 g/mol. The first-order chi connectivity index (χ1) is 7.63. The second-order valence-corrected chi connectivity index (χ2v) is 4.00. The van der Waals surface area contributed by atoms with Crippen LogP contribution in [-0.4, -0.2) is 24.3 Å². The van der Waals surface area contributed by atoms with Crippen molar-refractivity contribution in [2.24, 2.45) is 5.92 Å². The molecule has 0 aromatic heterocycles. The SMILES string of the molecule is COC(=O)C(C)CC(O)Cc1ccccc1. The van der Waals surface area contributed by atoms with Gasteiger partial charge >= 0.3 is 5.97 Å². The van der Waals surface area contributed by atoms with Crippen LogP contribution in [0.5, 0.6) is 0 Å².